The number of rotatable bonds is 5. The summed E-state index contributed by atoms with van der Waals surface area (Å²) in [6.07, 6.45) is 1.48. The van der Waals surface area contributed by atoms with Crippen molar-refractivity contribution in [1.29, 1.82) is 0 Å². The zero-order chi connectivity index (χ0) is 20.2. The van der Waals surface area contributed by atoms with E-state index in [2.05, 4.69) is 25.6 Å². The van der Waals surface area contributed by atoms with E-state index in [1.54, 1.807) is 35.0 Å². The van der Waals surface area contributed by atoms with Crippen LogP contribution in [0.1, 0.15) is 18.2 Å². The van der Waals surface area contributed by atoms with Gasteiger partial charge in [0, 0.05) is 11.6 Å². The third-order valence-corrected chi connectivity index (χ3v) is 4.39. The lowest BCUT2D eigenvalue weighted by molar-refractivity contribution is 0.475. The second-order valence-corrected chi connectivity index (χ2v) is 6.57. The fourth-order valence-electron chi connectivity index (χ4n) is 2.92. The Kier molecular flexibility index (Phi) is 5.03. The van der Waals surface area contributed by atoms with Crippen LogP contribution in [0.25, 0.3) is 17.1 Å². The van der Waals surface area contributed by atoms with Gasteiger partial charge in [0.15, 0.2) is 11.6 Å². The smallest absolute Gasteiger partial charge is 0.159 e. The molecule has 0 bridgehead atoms. The third kappa shape index (κ3) is 4.14. The number of aryl methyl sites for hydroxylation is 1. The van der Waals surface area contributed by atoms with Gasteiger partial charge in [-0.25, -0.2) is 14.6 Å². The number of nitrogens with zero attached hydrogens (tertiary/aromatic N) is 5. The average molecular weight is 384 g/mol. The standard InChI is InChI=1S/C22H20N6O/c1-15-12-20(18-6-4-3-5-7-18)28(27-15)22-13-21(23-14-24-22)26-25-16(2)17-8-10-19(29)11-9-17/h3-14,29H,1-2H3,(H,23,24,26). The van der Waals surface area contributed by atoms with Gasteiger partial charge in [-0.15, -0.1) is 0 Å². The van der Waals surface area contributed by atoms with Crippen LogP contribution < -0.4 is 5.43 Å². The number of hydrogen-bond acceptors (Lipinski definition) is 6. The Morgan fingerprint density at radius 1 is 1.00 bits per heavy atom. The van der Waals surface area contributed by atoms with E-state index in [-0.39, 0.29) is 5.75 Å². The van der Waals surface area contributed by atoms with E-state index in [0.717, 1.165) is 28.2 Å². The van der Waals surface area contributed by atoms with E-state index in [4.69, 9.17) is 0 Å². The summed E-state index contributed by atoms with van der Waals surface area (Å²) >= 11 is 0. The van der Waals surface area contributed by atoms with Crippen molar-refractivity contribution in [2.45, 2.75) is 13.8 Å². The van der Waals surface area contributed by atoms with Crippen LogP contribution in [-0.2, 0) is 0 Å². The van der Waals surface area contributed by atoms with E-state index in [9.17, 15) is 5.11 Å². The first kappa shape index (κ1) is 18.4. The minimum Gasteiger partial charge on any atom is -0.508 e. The van der Waals surface area contributed by atoms with Crippen LogP contribution in [0.2, 0.25) is 0 Å². The highest BCUT2D eigenvalue weighted by Crippen LogP contribution is 2.23. The average Bonchev–Trinajstić information content (AvgIpc) is 3.15. The van der Waals surface area contributed by atoms with Crippen LogP contribution in [0.4, 0.5) is 5.82 Å². The zero-order valence-corrected chi connectivity index (χ0v) is 16.1. The molecule has 2 N–H and O–H groups in total. The molecule has 4 aromatic rings. The van der Waals surface area contributed by atoms with Gasteiger partial charge in [-0.3, -0.25) is 5.43 Å². The highest BCUT2D eigenvalue weighted by Gasteiger charge is 2.11. The van der Waals surface area contributed by atoms with Gasteiger partial charge in [-0.2, -0.15) is 10.2 Å². The zero-order valence-electron chi connectivity index (χ0n) is 16.1. The Hall–Kier alpha value is -4.00. The lowest BCUT2D eigenvalue weighted by Crippen LogP contribution is -2.05. The topological polar surface area (TPSA) is 88.2 Å². The number of nitrogens with one attached hydrogen (secondary N) is 1. The van der Waals surface area contributed by atoms with Crippen molar-refractivity contribution in [2.75, 3.05) is 5.43 Å². The van der Waals surface area contributed by atoms with Crippen LogP contribution >= 0.6 is 0 Å². The lowest BCUT2D eigenvalue weighted by atomic mass is 10.1. The predicted octanol–water partition coefficient (Wildman–Crippen LogP) is 4.18. The Morgan fingerprint density at radius 3 is 2.52 bits per heavy atom. The fourth-order valence-corrected chi connectivity index (χ4v) is 2.92. The molecule has 0 spiro atoms. The van der Waals surface area contributed by atoms with Crippen molar-refractivity contribution in [3.05, 3.63) is 84.3 Å². The van der Waals surface area contributed by atoms with E-state index in [1.165, 1.54) is 6.33 Å². The summed E-state index contributed by atoms with van der Waals surface area (Å²) in [6, 6.07) is 20.7. The first-order valence-electron chi connectivity index (χ1n) is 9.14. The Morgan fingerprint density at radius 2 is 1.76 bits per heavy atom. The molecule has 0 fully saturated rings. The molecule has 0 aliphatic heterocycles. The molecule has 0 amide bonds. The number of aromatic hydroxyl groups is 1. The Balaban J connectivity index is 1.62. The number of benzene rings is 2. The van der Waals surface area contributed by atoms with Crippen molar-refractivity contribution < 1.29 is 5.11 Å². The van der Waals surface area contributed by atoms with E-state index in [0.29, 0.717) is 11.6 Å². The molecule has 0 aliphatic rings. The molecule has 7 nitrogen and oxygen atoms in total. The highest BCUT2D eigenvalue weighted by molar-refractivity contribution is 5.99. The molecule has 2 aromatic heterocycles. The van der Waals surface area contributed by atoms with Gasteiger partial charge < -0.3 is 5.11 Å². The number of hydrogen-bond donors (Lipinski definition) is 2. The first-order valence-corrected chi connectivity index (χ1v) is 9.14. The molecule has 0 aliphatic carbocycles. The Labute approximate surface area is 168 Å². The summed E-state index contributed by atoms with van der Waals surface area (Å²) in [7, 11) is 0. The largest absolute Gasteiger partial charge is 0.508 e. The molecule has 2 aromatic carbocycles. The molecule has 0 radical (unpaired) electrons. The van der Waals surface area contributed by atoms with Crippen molar-refractivity contribution in [2.24, 2.45) is 5.10 Å². The van der Waals surface area contributed by atoms with Crippen LogP contribution in [0.15, 0.2) is 78.2 Å². The molecule has 144 valence electrons. The minimum atomic E-state index is 0.221. The number of hydrazone groups is 1. The van der Waals surface area contributed by atoms with Crippen molar-refractivity contribution >= 4 is 11.5 Å². The normalized spacial score (nSPS) is 11.4. The van der Waals surface area contributed by atoms with E-state index >= 15 is 0 Å². The molecule has 4 rings (SSSR count). The molecule has 0 saturated heterocycles. The Bertz CT molecular complexity index is 1150. The first-order chi connectivity index (χ1) is 14.1. The van der Waals surface area contributed by atoms with Crippen LogP contribution in [-0.4, -0.2) is 30.6 Å². The predicted molar refractivity (Wildman–Crippen MR) is 113 cm³/mol. The summed E-state index contributed by atoms with van der Waals surface area (Å²) in [6.45, 7) is 3.83. The second kappa shape index (κ2) is 7.93. The van der Waals surface area contributed by atoms with Gasteiger partial charge in [0.1, 0.15) is 12.1 Å². The van der Waals surface area contributed by atoms with Gasteiger partial charge in [-0.1, -0.05) is 30.3 Å². The monoisotopic (exact) mass is 384 g/mol. The van der Waals surface area contributed by atoms with Crippen molar-refractivity contribution in [1.82, 2.24) is 19.7 Å². The fraction of sp³-hybridized carbons (Fsp3) is 0.0909. The molecule has 0 saturated carbocycles. The quantitative estimate of drug-likeness (QED) is 0.398. The van der Waals surface area contributed by atoms with Gasteiger partial charge in [0.25, 0.3) is 0 Å². The highest BCUT2D eigenvalue weighted by atomic mass is 16.3. The molecule has 0 atom stereocenters. The molecular weight excluding hydrogens is 364 g/mol. The summed E-state index contributed by atoms with van der Waals surface area (Å²) in [5, 5.41) is 18.4. The van der Waals surface area contributed by atoms with E-state index in [1.807, 2.05) is 50.2 Å². The van der Waals surface area contributed by atoms with Gasteiger partial charge in [-0.05, 0) is 49.7 Å². The van der Waals surface area contributed by atoms with Crippen molar-refractivity contribution in [3.8, 4) is 22.8 Å². The maximum absolute atomic E-state index is 9.41. The minimum absolute atomic E-state index is 0.221. The summed E-state index contributed by atoms with van der Waals surface area (Å²) < 4.78 is 1.80. The van der Waals surface area contributed by atoms with Crippen LogP contribution in [0.3, 0.4) is 0 Å². The second-order valence-electron chi connectivity index (χ2n) is 6.57. The summed E-state index contributed by atoms with van der Waals surface area (Å²) in [5.41, 5.74) is 7.55. The maximum atomic E-state index is 9.41. The number of aromatic nitrogens is 4. The molecule has 7 heteroatoms. The SMILES string of the molecule is CC(=NNc1cc(-n2nc(C)cc2-c2ccccc2)ncn1)c1ccc(O)cc1. The summed E-state index contributed by atoms with van der Waals surface area (Å²) in [4.78, 5) is 8.62. The van der Waals surface area contributed by atoms with E-state index < -0.39 is 0 Å². The maximum Gasteiger partial charge on any atom is 0.159 e. The van der Waals surface area contributed by atoms with Crippen LogP contribution in [0.5, 0.6) is 5.75 Å². The van der Waals surface area contributed by atoms with Crippen LogP contribution in [0, 0.1) is 6.92 Å². The number of phenolic OH excluding ortho intramolecular Hbond substituents is 1. The molecular formula is C22H20N6O. The number of phenols is 1. The molecule has 29 heavy (non-hydrogen) atoms. The van der Waals surface area contributed by atoms with Gasteiger partial charge in [0.2, 0.25) is 0 Å². The molecule has 2 heterocycles. The van der Waals surface area contributed by atoms with Gasteiger partial charge in [0.05, 0.1) is 17.1 Å². The van der Waals surface area contributed by atoms with Crippen molar-refractivity contribution in [3.63, 3.8) is 0 Å². The molecule has 0 unspecified atom stereocenters. The third-order valence-electron chi connectivity index (χ3n) is 4.39. The summed E-state index contributed by atoms with van der Waals surface area (Å²) in [5.74, 6) is 1.42. The number of anilines is 1. The lowest BCUT2D eigenvalue weighted by Gasteiger charge is -2.08. The van der Waals surface area contributed by atoms with Gasteiger partial charge >= 0.3 is 0 Å².